The zero-order valence-corrected chi connectivity index (χ0v) is 26.4. The molecule has 164 valence electrons. The number of carboxylic acid groups (broad SMARTS) is 5. The number of nitrogens with zero attached hydrogens (tertiary/aromatic N) is 3. The maximum Gasteiger partial charge on any atom is 2.00 e. The van der Waals surface area contributed by atoms with E-state index < -0.39 is 62.6 Å². The Kier molecular flexibility index (Phi) is 33.8. The minimum atomic E-state index is -1.24. The predicted octanol–water partition coefficient (Wildman–Crippen LogP) is -11.5. The summed E-state index contributed by atoms with van der Waals surface area (Å²) in [5, 5.41) is 44.1. The number of carboxylic acids is 5. The Hall–Kier alpha value is 1.49. The van der Waals surface area contributed by atoms with Gasteiger partial charge < -0.3 is 32.7 Å². The number of carbonyl (C=O) groups is 5. The van der Waals surface area contributed by atoms with Crippen molar-refractivity contribution in [1.29, 1.82) is 0 Å². The van der Waals surface area contributed by atoms with E-state index in [0.717, 1.165) is 9.80 Å². The summed E-state index contributed by atoms with van der Waals surface area (Å²) in [6.45, 7) is -2.74. The molecule has 0 aromatic carbocycles. The maximum absolute atomic E-state index is 11.0. The second kappa shape index (κ2) is 24.6. The van der Waals surface area contributed by atoms with Crippen molar-refractivity contribution in [2.45, 2.75) is 0 Å². The third-order valence-electron chi connectivity index (χ3n) is 3.26. The van der Waals surface area contributed by atoms with Gasteiger partial charge in [-0.2, -0.15) is 0 Å². The fraction of sp³-hybridized carbons (Fsp3) is 0.643. The van der Waals surface area contributed by atoms with Crippen LogP contribution in [0.4, 0.5) is 0 Å². The van der Waals surface area contributed by atoms with Crippen LogP contribution in [0.15, 0.2) is 0 Å². The van der Waals surface area contributed by atoms with Crippen LogP contribution in [0.25, 0.3) is 0 Å². The predicted molar refractivity (Wildman–Crippen MR) is 98.8 cm³/mol. The molecule has 0 fully saturated rings. The van der Waals surface area contributed by atoms with Gasteiger partial charge in [0.15, 0.2) is 0 Å². The van der Waals surface area contributed by atoms with E-state index in [0.29, 0.717) is 0 Å². The molecule has 0 aliphatic rings. The molecule has 31 heavy (non-hydrogen) atoms. The van der Waals surface area contributed by atoms with Gasteiger partial charge in [0.25, 0.3) is 0 Å². The molecule has 5 N–H and O–H groups in total. The van der Waals surface area contributed by atoms with Gasteiger partial charge in [-0.15, -0.1) is 0 Å². The first-order chi connectivity index (χ1) is 12.5. The molecule has 0 aliphatic carbocycles. The van der Waals surface area contributed by atoms with E-state index in [2.05, 4.69) is 0 Å². The maximum atomic E-state index is 11.0. The first-order valence-corrected chi connectivity index (χ1v) is 7.75. The molecule has 0 radical (unpaired) electrons. The minimum absolute atomic E-state index is 0. The van der Waals surface area contributed by atoms with E-state index in [9.17, 15) is 24.0 Å². The van der Waals surface area contributed by atoms with Crippen LogP contribution < -0.4 is 88.7 Å². The molecule has 0 saturated carbocycles. The first kappa shape index (κ1) is 42.6. The van der Waals surface area contributed by atoms with Crippen LogP contribution in [-0.2, 0) is 24.0 Å². The van der Waals surface area contributed by atoms with Crippen LogP contribution in [0.2, 0.25) is 0 Å². The second-order valence-electron chi connectivity index (χ2n) is 5.67. The van der Waals surface area contributed by atoms with Gasteiger partial charge in [0.05, 0.1) is 32.7 Å². The van der Waals surface area contributed by atoms with Crippen molar-refractivity contribution in [3.05, 3.63) is 0 Å². The van der Waals surface area contributed by atoms with E-state index in [1.54, 1.807) is 0 Å². The molecule has 13 nitrogen and oxygen atoms in total. The van der Waals surface area contributed by atoms with Gasteiger partial charge in [0.2, 0.25) is 0 Å². The summed E-state index contributed by atoms with van der Waals surface area (Å²) < 4.78 is 0. The Labute approximate surface area is 282 Å². The van der Waals surface area contributed by atoms with Crippen molar-refractivity contribution in [3.63, 3.8) is 0 Å². The van der Waals surface area contributed by atoms with E-state index >= 15 is 0 Å². The Morgan fingerprint density at radius 3 is 0.806 bits per heavy atom. The molecule has 0 aromatic heterocycles. The zero-order valence-electron chi connectivity index (χ0n) is 23.2. The summed E-state index contributed by atoms with van der Waals surface area (Å²) in [7, 11) is 0. The Balaban J connectivity index is -0.0000000939. The van der Waals surface area contributed by atoms with Crippen LogP contribution in [0.3, 0.4) is 0 Å². The summed E-state index contributed by atoms with van der Waals surface area (Å²) in [6.07, 6.45) is 0. The van der Waals surface area contributed by atoms with Crippen LogP contribution in [-0.4, -0.2) is 167 Å². The SMILES string of the molecule is O=C(O)CN(CCN(CC(=O)O)CC(=O)O)CCN(CC(=O)O)CC(=O)O.[Ca+2].[H-].[H-].[H-].[H-].[H-].[Na+].[Na+].[Na+]. The molecule has 0 heterocycles. The fourth-order valence-corrected chi connectivity index (χ4v) is 2.22. The van der Waals surface area contributed by atoms with Gasteiger partial charge in [0.1, 0.15) is 0 Å². The third kappa shape index (κ3) is 27.6. The third-order valence-corrected chi connectivity index (χ3v) is 3.26. The van der Waals surface area contributed by atoms with Crippen molar-refractivity contribution in [2.75, 3.05) is 58.9 Å². The normalized spacial score (nSPS) is 9.65. The molecule has 0 unspecified atom stereocenters. The average Bonchev–Trinajstić information content (AvgIpc) is 2.46. The van der Waals surface area contributed by atoms with Crippen LogP contribution in [0.5, 0.6) is 0 Å². The molecule has 0 amide bonds. The summed E-state index contributed by atoms with van der Waals surface area (Å²) in [6, 6.07) is 0. The molecule has 0 aliphatic heterocycles. The summed E-state index contributed by atoms with van der Waals surface area (Å²) in [4.78, 5) is 57.6. The monoisotopic (exact) mass is 507 g/mol. The molecule has 0 atom stereocenters. The molecule has 0 bridgehead atoms. The summed E-state index contributed by atoms with van der Waals surface area (Å²) in [5.41, 5.74) is 0. The number of hydrogen-bond acceptors (Lipinski definition) is 8. The Bertz CT molecular complexity index is 523. The minimum Gasteiger partial charge on any atom is -1.00 e. The van der Waals surface area contributed by atoms with E-state index in [1.807, 2.05) is 0 Å². The molecule has 0 aromatic rings. The Morgan fingerprint density at radius 1 is 0.452 bits per heavy atom. The van der Waals surface area contributed by atoms with Gasteiger partial charge in [-0.3, -0.25) is 38.7 Å². The molecule has 17 heteroatoms. The molecular formula is C14H28CaN3Na3O10. The number of rotatable bonds is 16. The Morgan fingerprint density at radius 2 is 0.613 bits per heavy atom. The second-order valence-corrected chi connectivity index (χ2v) is 5.67. The van der Waals surface area contributed by atoms with Crippen molar-refractivity contribution in [2.24, 2.45) is 0 Å². The van der Waals surface area contributed by atoms with Crippen molar-refractivity contribution in [3.8, 4) is 0 Å². The van der Waals surface area contributed by atoms with Crippen molar-refractivity contribution in [1.82, 2.24) is 14.7 Å². The summed E-state index contributed by atoms with van der Waals surface area (Å²) >= 11 is 0. The summed E-state index contributed by atoms with van der Waals surface area (Å²) in [5.74, 6) is -6.16. The number of aliphatic carboxylic acids is 5. The fourth-order valence-electron chi connectivity index (χ4n) is 2.22. The molecular weight excluding hydrogens is 479 g/mol. The number of hydrogen-bond donors (Lipinski definition) is 5. The zero-order chi connectivity index (χ0) is 21.0. The van der Waals surface area contributed by atoms with Gasteiger partial charge in [-0.05, 0) is 0 Å². The van der Waals surface area contributed by atoms with Crippen LogP contribution in [0, 0.1) is 0 Å². The largest absolute Gasteiger partial charge is 2.00 e. The smallest absolute Gasteiger partial charge is 1.00 e. The first-order valence-electron chi connectivity index (χ1n) is 7.75. The standard InChI is InChI=1S/C14H23N3O10.Ca.3Na.5H/c18-10(19)5-15(1-3-16(6-11(20)21)7-12(22)23)2-4-17(8-13(24)25)9-14(26)27;;;;;;;;;/h1-9H2,(H,18,19)(H,20,21)(H,22,23)(H,24,25)(H,26,27);;;;;;;;;/q;+2;3*+1;5*-1. The van der Waals surface area contributed by atoms with Gasteiger partial charge >= 0.3 is 156 Å². The van der Waals surface area contributed by atoms with Crippen molar-refractivity contribution >= 4 is 67.6 Å². The van der Waals surface area contributed by atoms with Gasteiger partial charge in [0, 0.05) is 26.2 Å². The van der Waals surface area contributed by atoms with E-state index in [1.165, 1.54) is 4.90 Å². The van der Waals surface area contributed by atoms with Crippen molar-refractivity contribution < 1.29 is 145 Å². The molecule has 0 spiro atoms. The van der Waals surface area contributed by atoms with Gasteiger partial charge in [-0.1, -0.05) is 0 Å². The van der Waals surface area contributed by atoms with Gasteiger partial charge in [-0.25, -0.2) is 0 Å². The quantitative estimate of drug-likeness (QED) is 0.124. The van der Waals surface area contributed by atoms with E-state index in [-0.39, 0.29) is 160 Å². The van der Waals surface area contributed by atoms with E-state index in [4.69, 9.17) is 25.5 Å². The molecule has 0 rings (SSSR count). The topological polar surface area (TPSA) is 196 Å². The molecule has 0 saturated heterocycles. The van der Waals surface area contributed by atoms with Crippen LogP contribution in [0.1, 0.15) is 7.13 Å². The van der Waals surface area contributed by atoms with Crippen LogP contribution >= 0.6 is 0 Å². The average molecular weight is 507 g/mol.